The van der Waals surface area contributed by atoms with Gasteiger partial charge in [0.15, 0.2) is 11.5 Å². The smallest absolute Gasteiger partial charge is 0.352 e. The van der Waals surface area contributed by atoms with E-state index in [1.54, 1.807) is 22.9 Å². The van der Waals surface area contributed by atoms with Gasteiger partial charge in [-0.1, -0.05) is 0 Å². The van der Waals surface area contributed by atoms with Crippen LogP contribution in [0.5, 0.6) is 17.2 Å². The molecule has 0 unspecified atom stereocenters. The van der Waals surface area contributed by atoms with Gasteiger partial charge >= 0.3 is 5.97 Å². The minimum Gasteiger partial charge on any atom is -0.493 e. The van der Waals surface area contributed by atoms with Crippen molar-refractivity contribution in [1.82, 2.24) is 14.8 Å². The molecule has 1 atom stereocenters. The highest BCUT2D eigenvalue weighted by molar-refractivity contribution is 5.90. The van der Waals surface area contributed by atoms with Gasteiger partial charge in [-0.2, -0.15) is 10.1 Å². The molecule has 0 aliphatic carbocycles. The van der Waals surface area contributed by atoms with E-state index in [1.807, 2.05) is 0 Å². The third kappa shape index (κ3) is 2.49. The van der Waals surface area contributed by atoms with Crippen molar-refractivity contribution in [1.29, 1.82) is 0 Å². The van der Waals surface area contributed by atoms with Crippen LogP contribution in [0.2, 0.25) is 0 Å². The molecular formula is C15H16N4O5. The third-order valence-corrected chi connectivity index (χ3v) is 3.67. The average molecular weight is 332 g/mol. The highest BCUT2D eigenvalue weighted by atomic mass is 16.5. The van der Waals surface area contributed by atoms with E-state index in [1.165, 1.54) is 27.7 Å². The summed E-state index contributed by atoms with van der Waals surface area (Å²) >= 11 is 0. The molecule has 0 amide bonds. The second kappa shape index (κ2) is 6.11. The second-order valence-electron chi connectivity index (χ2n) is 4.94. The third-order valence-electron chi connectivity index (χ3n) is 3.67. The predicted molar refractivity (Wildman–Crippen MR) is 83.6 cm³/mol. The SMILES string of the molecule is COc1cc([C@H]2C=C(C(=O)O)Nc3ncnn32)cc(OC)c1OC. The Balaban J connectivity index is 2.16. The van der Waals surface area contributed by atoms with Crippen LogP contribution in [-0.4, -0.2) is 47.2 Å². The largest absolute Gasteiger partial charge is 0.493 e. The number of carboxylic acid groups (broad SMARTS) is 1. The van der Waals surface area contributed by atoms with Crippen molar-refractivity contribution in [3.05, 3.63) is 35.8 Å². The lowest BCUT2D eigenvalue weighted by Crippen LogP contribution is -2.24. The van der Waals surface area contributed by atoms with Gasteiger partial charge in [0.1, 0.15) is 18.1 Å². The first-order valence-corrected chi connectivity index (χ1v) is 7.00. The first kappa shape index (κ1) is 15.7. The van der Waals surface area contributed by atoms with Crippen LogP contribution in [-0.2, 0) is 4.79 Å². The summed E-state index contributed by atoms with van der Waals surface area (Å²) in [6.07, 6.45) is 2.90. The maximum atomic E-state index is 11.4. The van der Waals surface area contributed by atoms with Gasteiger partial charge in [0.25, 0.3) is 0 Å². The number of carbonyl (C=O) groups is 1. The summed E-state index contributed by atoms with van der Waals surface area (Å²) in [6, 6.07) is 3.01. The fourth-order valence-corrected chi connectivity index (χ4v) is 2.57. The van der Waals surface area contributed by atoms with Gasteiger partial charge in [0, 0.05) is 0 Å². The van der Waals surface area contributed by atoms with Crippen LogP contribution in [0.15, 0.2) is 30.2 Å². The minimum absolute atomic E-state index is 0.0225. The number of ether oxygens (including phenoxy) is 3. The van der Waals surface area contributed by atoms with E-state index < -0.39 is 12.0 Å². The number of hydrogen-bond donors (Lipinski definition) is 2. The molecule has 1 aromatic carbocycles. The first-order chi connectivity index (χ1) is 11.6. The lowest BCUT2D eigenvalue weighted by atomic mass is 10.0. The Bertz CT molecular complexity index is 789. The molecule has 1 aliphatic rings. The summed E-state index contributed by atoms with van der Waals surface area (Å²) in [6.45, 7) is 0. The van der Waals surface area contributed by atoms with Crippen molar-refractivity contribution in [3.8, 4) is 17.2 Å². The van der Waals surface area contributed by atoms with Crippen LogP contribution in [0.25, 0.3) is 0 Å². The van der Waals surface area contributed by atoms with E-state index in [2.05, 4.69) is 15.4 Å². The molecule has 1 aromatic heterocycles. The Morgan fingerprint density at radius 1 is 1.21 bits per heavy atom. The van der Waals surface area contributed by atoms with Gasteiger partial charge in [-0.05, 0) is 23.8 Å². The van der Waals surface area contributed by atoms with E-state index in [4.69, 9.17) is 14.2 Å². The molecule has 126 valence electrons. The normalized spacial score (nSPS) is 15.8. The lowest BCUT2D eigenvalue weighted by molar-refractivity contribution is -0.132. The van der Waals surface area contributed by atoms with Crippen LogP contribution in [0.1, 0.15) is 11.6 Å². The van der Waals surface area contributed by atoms with Crippen molar-refractivity contribution >= 4 is 11.9 Å². The number of rotatable bonds is 5. The van der Waals surface area contributed by atoms with Crippen LogP contribution < -0.4 is 19.5 Å². The summed E-state index contributed by atoms with van der Waals surface area (Å²) < 4.78 is 17.6. The van der Waals surface area contributed by atoms with E-state index in [-0.39, 0.29) is 5.70 Å². The Morgan fingerprint density at radius 2 is 1.88 bits per heavy atom. The zero-order valence-corrected chi connectivity index (χ0v) is 13.3. The van der Waals surface area contributed by atoms with Gasteiger partial charge in [0.05, 0.1) is 21.3 Å². The fourth-order valence-electron chi connectivity index (χ4n) is 2.57. The summed E-state index contributed by atoms with van der Waals surface area (Å²) in [5.41, 5.74) is 0.741. The Kier molecular flexibility index (Phi) is 3.98. The molecule has 3 rings (SSSR count). The van der Waals surface area contributed by atoms with Gasteiger partial charge in [-0.3, -0.25) is 0 Å². The monoisotopic (exact) mass is 332 g/mol. The molecule has 0 saturated carbocycles. The molecule has 2 heterocycles. The van der Waals surface area contributed by atoms with Crippen molar-refractivity contribution in [2.24, 2.45) is 0 Å². The van der Waals surface area contributed by atoms with Gasteiger partial charge in [-0.25, -0.2) is 9.48 Å². The predicted octanol–water partition coefficient (Wildman–Crippen LogP) is 1.29. The number of aliphatic carboxylic acids is 1. The number of nitrogens with one attached hydrogen (secondary N) is 1. The van der Waals surface area contributed by atoms with Crippen molar-refractivity contribution < 1.29 is 24.1 Å². The number of aromatic nitrogens is 3. The van der Waals surface area contributed by atoms with Crippen LogP contribution in [0.3, 0.4) is 0 Å². The summed E-state index contributed by atoms with van der Waals surface area (Å²) in [7, 11) is 4.55. The highest BCUT2D eigenvalue weighted by Crippen LogP contribution is 2.41. The Hall–Kier alpha value is -3.23. The molecule has 2 aromatic rings. The zero-order valence-electron chi connectivity index (χ0n) is 13.3. The molecule has 1 aliphatic heterocycles. The molecule has 0 spiro atoms. The topological polar surface area (TPSA) is 108 Å². The zero-order chi connectivity index (χ0) is 17.3. The standard InChI is InChI=1S/C15H16N4O5/c1-22-11-4-8(5-12(23-2)13(11)24-3)10-6-9(14(20)21)18-15-16-7-17-19(10)15/h4-7,10H,1-3H3,(H,20,21)(H,16,17,18)/t10-/m1/s1. The van der Waals surface area contributed by atoms with E-state index in [0.717, 1.165) is 5.56 Å². The fraction of sp³-hybridized carbons (Fsp3) is 0.267. The molecule has 24 heavy (non-hydrogen) atoms. The van der Waals surface area contributed by atoms with E-state index >= 15 is 0 Å². The van der Waals surface area contributed by atoms with Crippen molar-refractivity contribution in [3.63, 3.8) is 0 Å². The number of allylic oxidation sites excluding steroid dienone is 1. The number of hydrogen-bond acceptors (Lipinski definition) is 7. The van der Waals surface area contributed by atoms with E-state index in [0.29, 0.717) is 23.2 Å². The van der Waals surface area contributed by atoms with Crippen molar-refractivity contribution in [2.45, 2.75) is 6.04 Å². The van der Waals surface area contributed by atoms with Gasteiger partial charge < -0.3 is 24.6 Å². The number of nitrogens with zero attached hydrogens (tertiary/aromatic N) is 3. The number of carboxylic acids is 1. The molecule has 0 saturated heterocycles. The molecule has 9 heteroatoms. The maximum Gasteiger partial charge on any atom is 0.352 e. The Morgan fingerprint density at radius 3 is 2.42 bits per heavy atom. The minimum atomic E-state index is -1.08. The summed E-state index contributed by atoms with van der Waals surface area (Å²) in [4.78, 5) is 15.4. The molecule has 9 nitrogen and oxygen atoms in total. The molecule has 0 bridgehead atoms. The maximum absolute atomic E-state index is 11.4. The van der Waals surface area contributed by atoms with Crippen molar-refractivity contribution in [2.75, 3.05) is 26.6 Å². The van der Waals surface area contributed by atoms with E-state index in [9.17, 15) is 9.90 Å². The first-order valence-electron chi connectivity index (χ1n) is 7.00. The van der Waals surface area contributed by atoms with Crippen LogP contribution >= 0.6 is 0 Å². The summed E-state index contributed by atoms with van der Waals surface area (Å²) in [5, 5.41) is 16.2. The number of fused-ring (bicyclic) bond motifs is 1. The molecule has 0 radical (unpaired) electrons. The number of anilines is 1. The quantitative estimate of drug-likeness (QED) is 0.843. The van der Waals surface area contributed by atoms with Crippen LogP contribution in [0.4, 0.5) is 5.95 Å². The Labute approximate surface area is 137 Å². The second-order valence-corrected chi connectivity index (χ2v) is 4.94. The number of methoxy groups -OCH3 is 3. The molecule has 0 fully saturated rings. The highest BCUT2D eigenvalue weighted by Gasteiger charge is 2.27. The van der Waals surface area contributed by atoms with Crippen LogP contribution in [0, 0.1) is 0 Å². The molecule has 2 N–H and O–H groups in total. The average Bonchev–Trinajstić information content (AvgIpc) is 3.07. The van der Waals surface area contributed by atoms with Gasteiger partial charge in [0.2, 0.25) is 11.7 Å². The summed E-state index contributed by atoms with van der Waals surface area (Å²) in [5.74, 6) is 0.656. The molecular weight excluding hydrogens is 316 g/mol. The lowest BCUT2D eigenvalue weighted by Gasteiger charge is -2.24. The number of benzene rings is 1. The van der Waals surface area contributed by atoms with Gasteiger partial charge in [-0.15, -0.1) is 0 Å².